The summed E-state index contributed by atoms with van der Waals surface area (Å²) in [4.78, 5) is 50.2. The maximum atomic E-state index is 13.9. The normalized spacial score (nSPS) is 11.5. The Labute approximate surface area is 246 Å². The third kappa shape index (κ3) is 8.66. The van der Waals surface area contributed by atoms with Gasteiger partial charge in [0.05, 0.1) is 29.5 Å². The van der Waals surface area contributed by atoms with Crippen LogP contribution in [-0.2, 0) is 27.4 Å². The van der Waals surface area contributed by atoms with Crippen LogP contribution in [0, 0.1) is 5.82 Å². The Morgan fingerprint density at radius 1 is 1.02 bits per heavy atom. The summed E-state index contributed by atoms with van der Waals surface area (Å²) >= 11 is 6.08. The monoisotopic (exact) mass is 593 g/mol. The Kier molecular flexibility index (Phi) is 10.7. The van der Waals surface area contributed by atoms with E-state index in [0.717, 1.165) is 10.8 Å². The third-order valence-corrected chi connectivity index (χ3v) is 6.65. The highest BCUT2D eigenvalue weighted by atomic mass is 35.5. The lowest BCUT2D eigenvalue weighted by Gasteiger charge is -2.31. The number of hydrazine groups is 1. The molecule has 13 heteroatoms. The van der Waals surface area contributed by atoms with Gasteiger partial charge in [-0.25, -0.2) is 19.6 Å². The van der Waals surface area contributed by atoms with E-state index in [9.17, 15) is 18.8 Å². The fourth-order valence-electron chi connectivity index (χ4n) is 4.10. The summed E-state index contributed by atoms with van der Waals surface area (Å²) in [6, 6.07) is 12.9. The van der Waals surface area contributed by atoms with Gasteiger partial charge in [-0.2, -0.15) is 0 Å². The first kappa shape index (κ1) is 30.3. The van der Waals surface area contributed by atoms with Crippen molar-refractivity contribution in [1.29, 1.82) is 0 Å². The molecule has 0 saturated carbocycles. The molecule has 0 aliphatic rings. The minimum Gasteiger partial charge on any atom is -0.447 e. The molecular weight excluding hydrogens is 565 g/mol. The quantitative estimate of drug-likeness (QED) is 0.206. The minimum absolute atomic E-state index is 0.00825. The van der Waals surface area contributed by atoms with Gasteiger partial charge in [0, 0.05) is 43.9 Å². The fourth-order valence-corrected chi connectivity index (χ4v) is 4.29. The SMILES string of the molecule is CC(=O)N(NCc1cccc(F)c1Cl)C(CCC(=O)NCc1cnccn1)COC(=O)Nc1cc2ccccc2cn1. The summed E-state index contributed by atoms with van der Waals surface area (Å²) in [5.41, 5.74) is 3.94. The molecule has 2 aromatic carbocycles. The van der Waals surface area contributed by atoms with Crippen LogP contribution in [-0.4, -0.2) is 50.5 Å². The molecule has 218 valence electrons. The van der Waals surface area contributed by atoms with Gasteiger partial charge in [-0.3, -0.25) is 29.9 Å². The molecule has 0 aliphatic heterocycles. The highest BCUT2D eigenvalue weighted by Gasteiger charge is 2.24. The van der Waals surface area contributed by atoms with Gasteiger partial charge in [0.25, 0.3) is 0 Å². The number of amides is 3. The van der Waals surface area contributed by atoms with Crippen molar-refractivity contribution in [2.75, 3.05) is 11.9 Å². The lowest BCUT2D eigenvalue weighted by Crippen LogP contribution is -2.51. The maximum absolute atomic E-state index is 13.9. The number of ether oxygens (including phenoxy) is 1. The Hall–Kier alpha value is -4.68. The number of pyridine rings is 1. The van der Waals surface area contributed by atoms with Crippen LogP contribution in [0.15, 0.2) is 73.3 Å². The van der Waals surface area contributed by atoms with Crippen molar-refractivity contribution in [3.8, 4) is 0 Å². The second-order valence-corrected chi connectivity index (χ2v) is 9.62. The van der Waals surface area contributed by atoms with Gasteiger partial charge in [-0.1, -0.05) is 48.0 Å². The van der Waals surface area contributed by atoms with Crippen LogP contribution in [0.2, 0.25) is 5.02 Å². The largest absolute Gasteiger partial charge is 0.447 e. The molecule has 0 aliphatic carbocycles. The Morgan fingerprint density at radius 3 is 2.60 bits per heavy atom. The van der Waals surface area contributed by atoms with Gasteiger partial charge in [0.15, 0.2) is 0 Å². The highest BCUT2D eigenvalue weighted by Crippen LogP contribution is 2.20. The van der Waals surface area contributed by atoms with Crippen LogP contribution in [0.1, 0.15) is 31.0 Å². The molecule has 4 aromatic rings. The van der Waals surface area contributed by atoms with Crippen LogP contribution in [0.25, 0.3) is 10.8 Å². The Morgan fingerprint density at radius 2 is 1.83 bits per heavy atom. The zero-order valence-corrected chi connectivity index (χ0v) is 23.5. The van der Waals surface area contributed by atoms with Crippen LogP contribution >= 0.6 is 11.6 Å². The van der Waals surface area contributed by atoms with Gasteiger partial charge in [0.2, 0.25) is 11.8 Å². The van der Waals surface area contributed by atoms with Gasteiger partial charge in [-0.15, -0.1) is 0 Å². The van der Waals surface area contributed by atoms with Crippen molar-refractivity contribution in [3.05, 3.63) is 95.4 Å². The number of hydrogen-bond acceptors (Lipinski definition) is 8. The summed E-state index contributed by atoms with van der Waals surface area (Å²) in [6.07, 6.45) is 5.58. The topological polar surface area (TPSA) is 138 Å². The van der Waals surface area contributed by atoms with E-state index >= 15 is 0 Å². The molecule has 2 aromatic heterocycles. The molecule has 1 unspecified atom stereocenters. The fraction of sp³-hybridized carbons (Fsp3) is 0.241. The molecule has 42 heavy (non-hydrogen) atoms. The van der Waals surface area contributed by atoms with Crippen molar-refractivity contribution in [2.24, 2.45) is 0 Å². The molecule has 0 fully saturated rings. The average molecular weight is 594 g/mol. The molecule has 3 N–H and O–H groups in total. The highest BCUT2D eigenvalue weighted by molar-refractivity contribution is 6.31. The van der Waals surface area contributed by atoms with Gasteiger partial charge in [-0.05, 0) is 29.5 Å². The van der Waals surface area contributed by atoms with Crippen LogP contribution in [0.3, 0.4) is 0 Å². The number of aromatic nitrogens is 3. The molecule has 11 nitrogen and oxygen atoms in total. The summed E-state index contributed by atoms with van der Waals surface area (Å²) < 4.78 is 19.4. The second-order valence-electron chi connectivity index (χ2n) is 9.24. The third-order valence-electron chi connectivity index (χ3n) is 6.23. The van der Waals surface area contributed by atoms with Crippen molar-refractivity contribution >= 4 is 46.1 Å². The molecule has 3 amide bonds. The number of carbonyl (C=O) groups excluding carboxylic acids is 3. The molecular formula is C29H29ClFN7O4. The van der Waals surface area contributed by atoms with Crippen molar-refractivity contribution in [2.45, 2.75) is 38.9 Å². The van der Waals surface area contributed by atoms with E-state index in [1.54, 1.807) is 24.5 Å². The predicted octanol–water partition coefficient (Wildman–Crippen LogP) is 4.38. The molecule has 0 spiro atoms. The number of rotatable bonds is 12. The number of hydrogen-bond donors (Lipinski definition) is 3. The van der Waals surface area contributed by atoms with E-state index in [2.05, 4.69) is 31.0 Å². The zero-order chi connectivity index (χ0) is 29.9. The summed E-state index contributed by atoms with van der Waals surface area (Å²) in [7, 11) is 0. The van der Waals surface area contributed by atoms with Crippen LogP contribution in [0.4, 0.5) is 15.0 Å². The molecule has 0 radical (unpaired) electrons. The zero-order valence-electron chi connectivity index (χ0n) is 22.7. The van der Waals surface area contributed by atoms with E-state index < -0.39 is 23.9 Å². The Bertz CT molecular complexity index is 1540. The first-order chi connectivity index (χ1) is 20.3. The molecule has 1 atom stereocenters. The standard InChI is InChI=1S/C29H29ClFN7O4/c1-19(39)38(36-15-22-7-4-8-25(31)28(22)30)24(9-10-27(40)35-17-23-16-32-11-12-33-23)18-42-29(41)37-26-13-20-5-2-3-6-21(20)14-34-26/h2-8,11-14,16,24,36H,9-10,15,17-18H2,1H3,(H,35,40)(H,34,37,41). The van der Waals surface area contributed by atoms with E-state index in [0.29, 0.717) is 17.1 Å². The maximum Gasteiger partial charge on any atom is 0.412 e. The van der Waals surface area contributed by atoms with Gasteiger partial charge >= 0.3 is 6.09 Å². The van der Waals surface area contributed by atoms with Crippen molar-refractivity contribution in [3.63, 3.8) is 0 Å². The van der Waals surface area contributed by atoms with E-state index in [1.165, 1.54) is 36.5 Å². The number of nitrogens with zero attached hydrogens (tertiary/aromatic N) is 4. The number of anilines is 1. The first-order valence-corrected chi connectivity index (χ1v) is 13.4. The van der Waals surface area contributed by atoms with E-state index in [-0.39, 0.29) is 43.5 Å². The number of fused-ring (bicyclic) bond motifs is 1. The minimum atomic E-state index is -0.786. The van der Waals surface area contributed by atoms with Crippen LogP contribution < -0.4 is 16.1 Å². The van der Waals surface area contributed by atoms with E-state index in [4.69, 9.17) is 16.3 Å². The average Bonchev–Trinajstić information content (AvgIpc) is 2.99. The van der Waals surface area contributed by atoms with Crippen LogP contribution in [0.5, 0.6) is 0 Å². The number of benzene rings is 2. The lowest BCUT2D eigenvalue weighted by atomic mass is 10.1. The first-order valence-electron chi connectivity index (χ1n) is 13.1. The summed E-state index contributed by atoms with van der Waals surface area (Å²) in [5.74, 6) is -1.01. The Balaban J connectivity index is 1.41. The molecule has 2 heterocycles. The lowest BCUT2D eigenvalue weighted by molar-refractivity contribution is -0.137. The molecule has 4 rings (SSSR count). The number of halogens is 2. The number of nitrogens with one attached hydrogen (secondary N) is 3. The predicted molar refractivity (Wildman–Crippen MR) is 154 cm³/mol. The van der Waals surface area contributed by atoms with Gasteiger partial charge in [0.1, 0.15) is 18.2 Å². The summed E-state index contributed by atoms with van der Waals surface area (Å²) in [5, 5.41) is 8.31. The van der Waals surface area contributed by atoms with Gasteiger partial charge < -0.3 is 10.1 Å². The van der Waals surface area contributed by atoms with Crippen molar-refractivity contribution < 1.29 is 23.5 Å². The second kappa shape index (κ2) is 14.8. The van der Waals surface area contributed by atoms with Crippen molar-refractivity contribution in [1.82, 2.24) is 30.7 Å². The number of carbonyl (C=O) groups is 3. The molecule has 0 bridgehead atoms. The smallest absolute Gasteiger partial charge is 0.412 e. The molecule has 0 saturated heterocycles. The summed E-state index contributed by atoms with van der Waals surface area (Å²) in [6.45, 7) is 1.27. The van der Waals surface area contributed by atoms with E-state index in [1.807, 2.05) is 24.3 Å².